The van der Waals surface area contributed by atoms with Crippen LogP contribution in [0.4, 0.5) is 0 Å². The number of hydrogen-bond donors (Lipinski definition) is 1. The highest BCUT2D eigenvalue weighted by Gasteiger charge is 2.41. The van der Waals surface area contributed by atoms with Crippen LogP contribution >= 0.6 is 0 Å². The molecule has 0 bridgehead atoms. The van der Waals surface area contributed by atoms with Crippen molar-refractivity contribution in [3.63, 3.8) is 0 Å². The lowest BCUT2D eigenvalue weighted by atomic mass is 9.93. The maximum Gasteiger partial charge on any atom is 0.0306 e. The zero-order valence-corrected chi connectivity index (χ0v) is 10.5. The van der Waals surface area contributed by atoms with E-state index in [-0.39, 0.29) is 5.54 Å². The van der Waals surface area contributed by atoms with Gasteiger partial charge in [-0.15, -0.1) is 0 Å². The average Bonchev–Trinajstić information content (AvgIpc) is 2.93. The molecular weight excluding hydrogens is 184 g/mol. The van der Waals surface area contributed by atoms with Gasteiger partial charge in [-0.2, -0.15) is 0 Å². The summed E-state index contributed by atoms with van der Waals surface area (Å²) in [7, 11) is 0. The molecule has 1 saturated heterocycles. The van der Waals surface area contributed by atoms with Crippen LogP contribution in [0.2, 0.25) is 0 Å². The lowest BCUT2D eigenvalue weighted by Crippen LogP contribution is -2.51. The molecule has 0 aromatic rings. The molecule has 3 atom stereocenters. The highest BCUT2D eigenvalue weighted by molar-refractivity contribution is 4.96. The molecule has 1 aliphatic carbocycles. The fourth-order valence-electron chi connectivity index (χ4n) is 2.86. The Bertz CT molecular complexity index is 215. The largest absolute Gasteiger partial charge is 0.329 e. The minimum Gasteiger partial charge on any atom is -0.329 e. The van der Waals surface area contributed by atoms with E-state index in [1.165, 1.54) is 32.4 Å². The second-order valence-electron chi connectivity index (χ2n) is 6.21. The number of rotatable bonds is 4. The van der Waals surface area contributed by atoms with Crippen LogP contribution in [0, 0.1) is 17.8 Å². The van der Waals surface area contributed by atoms with Crippen molar-refractivity contribution in [2.45, 2.75) is 45.6 Å². The van der Waals surface area contributed by atoms with Gasteiger partial charge in [-0.1, -0.05) is 26.7 Å². The molecule has 1 heterocycles. The van der Waals surface area contributed by atoms with Crippen LogP contribution in [0.25, 0.3) is 0 Å². The van der Waals surface area contributed by atoms with Crippen LogP contribution in [-0.4, -0.2) is 30.1 Å². The Balaban J connectivity index is 1.98. The summed E-state index contributed by atoms with van der Waals surface area (Å²) in [6.45, 7) is 10.4. The van der Waals surface area contributed by atoms with E-state index in [9.17, 15) is 0 Å². The summed E-state index contributed by atoms with van der Waals surface area (Å²) < 4.78 is 0. The van der Waals surface area contributed by atoms with Crippen LogP contribution in [0.15, 0.2) is 0 Å². The number of nitrogens with two attached hydrogens (primary N) is 1. The molecule has 2 aliphatic rings. The second-order valence-corrected chi connectivity index (χ2v) is 6.21. The van der Waals surface area contributed by atoms with Crippen LogP contribution in [0.1, 0.15) is 40.0 Å². The van der Waals surface area contributed by atoms with Crippen molar-refractivity contribution >= 4 is 0 Å². The Labute approximate surface area is 94.2 Å². The van der Waals surface area contributed by atoms with Crippen molar-refractivity contribution < 1.29 is 0 Å². The van der Waals surface area contributed by atoms with Crippen LogP contribution in [0.5, 0.6) is 0 Å². The fraction of sp³-hybridized carbons (Fsp3) is 1.00. The molecule has 2 nitrogen and oxygen atoms in total. The highest BCUT2D eigenvalue weighted by atomic mass is 15.2. The van der Waals surface area contributed by atoms with Crippen LogP contribution < -0.4 is 5.73 Å². The summed E-state index contributed by atoms with van der Waals surface area (Å²) in [4.78, 5) is 2.65. The number of nitrogens with zero attached hydrogens (tertiary/aromatic N) is 1. The van der Waals surface area contributed by atoms with Crippen molar-refractivity contribution in [1.82, 2.24) is 4.90 Å². The van der Waals surface area contributed by atoms with E-state index < -0.39 is 0 Å². The van der Waals surface area contributed by atoms with Gasteiger partial charge in [-0.05, 0) is 31.1 Å². The molecule has 1 aliphatic heterocycles. The zero-order chi connectivity index (χ0) is 11.1. The number of hydrogen-bond acceptors (Lipinski definition) is 2. The Hall–Kier alpha value is -0.0800. The van der Waals surface area contributed by atoms with E-state index in [0.717, 1.165) is 24.3 Å². The lowest BCUT2D eigenvalue weighted by molar-refractivity contribution is 0.119. The monoisotopic (exact) mass is 210 g/mol. The molecule has 0 aromatic heterocycles. The molecule has 0 spiro atoms. The van der Waals surface area contributed by atoms with Gasteiger partial charge in [-0.25, -0.2) is 0 Å². The quantitative estimate of drug-likeness (QED) is 0.770. The molecule has 15 heavy (non-hydrogen) atoms. The van der Waals surface area contributed by atoms with Gasteiger partial charge in [0.25, 0.3) is 0 Å². The van der Waals surface area contributed by atoms with Crippen molar-refractivity contribution in [1.29, 1.82) is 0 Å². The van der Waals surface area contributed by atoms with Crippen molar-refractivity contribution in [2.75, 3.05) is 19.6 Å². The molecule has 0 aromatic carbocycles. The molecule has 2 rings (SSSR count). The van der Waals surface area contributed by atoms with E-state index in [4.69, 9.17) is 5.73 Å². The first-order valence-corrected chi connectivity index (χ1v) is 6.50. The topological polar surface area (TPSA) is 29.3 Å². The predicted octanol–water partition coefficient (Wildman–Crippen LogP) is 2.09. The average molecular weight is 210 g/mol. The molecule has 0 amide bonds. The van der Waals surface area contributed by atoms with Gasteiger partial charge in [0.2, 0.25) is 0 Å². The van der Waals surface area contributed by atoms with Gasteiger partial charge in [0.15, 0.2) is 0 Å². The minimum atomic E-state index is 0.278. The molecular formula is C13H26N2. The Kier molecular flexibility index (Phi) is 3.09. The smallest absolute Gasteiger partial charge is 0.0306 e. The molecule has 1 saturated carbocycles. The van der Waals surface area contributed by atoms with Gasteiger partial charge in [-0.3, -0.25) is 4.90 Å². The summed E-state index contributed by atoms with van der Waals surface area (Å²) in [6.07, 6.45) is 4.20. The van der Waals surface area contributed by atoms with E-state index in [0.29, 0.717) is 0 Å². The molecule has 0 radical (unpaired) electrons. The summed E-state index contributed by atoms with van der Waals surface area (Å²) >= 11 is 0. The number of likely N-dealkylation sites (tertiary alicyclic amines) is 1. The summed E-state index contributed by atoms with van der Waals surface area (Å²) in [5.41, 5.74) is 6.29. The zero-order valence-electron chi connectivity index (χ0n) is 10.5. The normalized spacial score (nSPS) is 36.8. The first-order chi connectivity index (χ1) is 7.05. The Morgan fingerprint density at radius 3 is 2.13 bits per heavy atom. The molecule has 2 N–H and O–H groups in total. The van der Waals surface area contributed by atoms with E-state index >= 15 is 0 Å². The maximum absolute atomic E-state index is 6.01. The standard InChI is InChI=1S/C13H26N2/c1-10-7-15(8-11(10)2)13(3,9-14)6-12-4-5-12/h10-12H,4-9,14H2,1-3H3. The Morgan fingerprint density at radius 1 is 1.20 bits per heavy atom. The third kappa shape index (κ3) is 2.36. The summed E-state index contributed by atoms with van der Waals surface area (Å²) in [5, 5.41) is 0. The highest BCUT2D eigenvalue weighted by Crippen LogP contribution is 2.40. The van der Waals surface area contributed by atoms with E-state index in [1.807, 2.05) is 0 Å². The fourth-order valence-corrected chi connectivity index (χ4v) is 2.86. The van der Waals surface area contributed by atoms with Gasteiger partial charge >= 0.3 is 0 Å². The lowest BCUT2D eigenvalue weighted by Gasteiger charge is -2.38. The second kappa shape index (κ2) is 4.06. The van der Waals surface area contributed by atoms with Gasteiger partial charge in [0.05, 0.1) is 0 Å². The first-order valence-electron chi connectivity index (χ1n) is 6.50. The molecule has 2 fully saturated rings. The first kappa shape index (κ1) is 11.4. The van der Waals surface area contributed by atoms with Crippen LogP contribution in [0.3, 0.4) is 0 Å². The van der Waals surface area contributed by atoms with Gasteiger partial charge in [0, 0.05) is 25.2 Å². The SMILES string of the molecule is CC1CN(C(C)(CN)CC2CC2)CC1C. The summed E-state index contributed by atoms with van der Waals surface area (Å²) in [6, 6.07) is 0. The Morgan fingerprint density at radius 2 is 1.73 bits per heavy atom. The van der Waals surface area contributed by atoms with E-state index in [2.05, 4.69) is 25.7 Å². The van der Waals surface area contributed by atoms with Crippen molar-refractivity contribution in [3.8, 4) is 0 Å². The van der Waals surface area contributed by atoms with Gasteiger partial charge in [0.1, 0.15) is 0 Å². The minimum absolute atomic E-state index is 0.278. The molecule has 3 unspecified atom stereocenters. The third-order valence-electron chi connectivity index (χ3n) is 4.62. The van der Waals surface area contributed by atoms with Crippen molar-refractivity contribution in [2.24, 2.45) is 23.5 Å². The van der Waals surface area contributed by atoms with Gasteiger partial charge < -0.3 is 5.73 Å². The maximum atomic E-state index is 6.01. The third-order valence-corrected chi connectivity index (χ3v) is 4.62. The van der Waals surface area contributed by atoms with Crippen LogP contribution in [-0.2, 0) is 0 Å². The predicted molar refractivity (Wildman–Crippen MR) is 64.7 cm³/mol. The van der Waals surface area contributed by atoms with Crippen molar-refractivity contribution in [3.05, 3.63) is 0 Å². The molecule has 88 valence electrons. The molecule has 2 heteroatoms. The van der Waals surface area contributed by atoms with E-state index in [1.54, 1.807) is 0 Å². The summed E-state index contributed by atoms with van der Waals surface area (Å²) in [5.74, 6) is 2.66.